The number of nitrogens with one attached hydrogen (secondary N) is 3. The van der Waals surface area contributed by atoms with Gasteiger partial charge in [-0.1, -0.05) is 27.4 Å². The third-order valence-corrected chi connectivity index (χ3v) is 3.33. The monoisotopic (exact) mass is 262 g/mol. The van der Waals surface area contributed by atoms with Gasteiger partial charge in [0.05, 0.1) is 6.34 Å². The van der Waals surface area contributed by atoms with Crippen LogP contribution in [-0.2, 0) is 0 Å². The van der Waals surface area contributed by atoms with E-state index in [4.69, 9.17) is 0 Å². The molecule has 4 heteroatoms. The van der Waals surface area contributed by atoms with Gasteiger partial charge in [0.15, 0.2) is 0 Å². The summed E-state index contributed by atoms with van der Waals surface area (Å²) in [5.74, 6) is 1.49. The summed E-state index contributed by atoms with van der Waals surface area (Å²) in [4.78, 5) is 7.68. The van der Waals surface area contributed by atoms with Gasteiger partial charge in [0.1, 0.15) is 11.9 Å². The molecule has 1 aromatic rings. The average Bonchev–Trinajstić information content (AvgIpc) is 2.94. The maximum atomic E-state index is 4.51. The van der Waals surface area contributed by atoms with Crippen LogP contribution >= 0.6 is 0 Å². The van der Waals surface area contributed by atoms with Crippen LogP contribution in [0.1, 0.15) is 38.8 Å². The van der Waals surface area contributed by atoms with Gasteiger partial charge in [-0.3, -0.25) is 4.99 Å². The largest absolute Gasteiger partial charge is 0.348 e. The minimum absolute atomic E-state index is 0.0794. The molecule has 0 aliphatic carbocycles. The van der Waals surface area contributed by atoms with E-state index in [1.165, 1.54) is 11.1 Å². The first-order valence-electron chi connectivity index (χ1n) is 7.06. The van der Waals surface area contributed by atoms with Crippen LogP contribution in [0.25, 0.3) is 0 Å². The quantitative estimate of drug-likeness (QED) is 0.713. The van der Waals surface area contributed by atoms with Crippen LogP contribution in [0.15, 0.2) is 29.4 Å². The lowest BCUT2D eigenvalue weighted by atomic mass is 9.88. The summed E-state index contributed by atoms with van der Waals surface area (Å²) in [6.45, 7) is 11.4. The number of fused-ring (bicyclic) bond motifs is 1. The van der Waals surface area contributed by atoms with Gasteiger partial charge in [-0.15, -0.1) is 0 Å². The average molecular weight is 262 g/mol. The zero-order valence-electron chi connectivity index (χ0n) is 12.5. The van der Waals surface area contributed by atoms with Crippen molar-refractivity contribution >= 4 is 12.2 Å². The Morgan fingerprint density at radius 2 is 2.26 bits per heavy atom. The van der Waals surface area contributed by atoms with Gasteiger partial charge in [-0.05, 0) is 31.0 Å². The zero-order chi connectivity index (χ0) is 14.3. The molecule has 2 rings (SSSR count). The van der Waals surface area contributed by atoms with E-state index >= 15 is 0 Å². The highest BCUT2D eigenvalue weighted by Crippen LogP contribution is 2.36. The molecule has 19 heavy (non-hydrogen) atoms. The van der Waals surface area contributed by atoms with E-state index in [-0.39, 0.29) is 6.04 Å². The molecule has 2 unspecified atom stereocenters. The summed E-state index contributed by atoms with van der Waals surface area (Å²) >= 11 is 0. The minimum atomic E-state index is 0.0794. The van der Waals surface area contributed by atoms with Crippen molar-refractivity contribution in [2.24, 2.45) is 10.9 Å². The summed E-state index contributed by atoms with van der Waals surface area (Å²) in [6, 6.07) is 2.15. The molecule has 2 atom stereocenters. The summed E-state index contributed by atoms with van der Waals surface area (Å²) in [6.07, 6.45) is 4.77. The zero-order valence-corrected chi connectivity index (χ0v) is 12.5. The van der Waals surface area contributed by atoms with Crippen molar-refractivity contribution in [3.05, 3.63) is 30.0 Å². The first-order valence-corrected chi connectivity index (χ1v) is 7.06. The Hall–Kier alpha value is -1.55. The number of hydrogen-bond acceptors (Lipinski definition) is 3. The number of aliphatic imine (C=N–C) groups is 1. The Morgan fingerprint density at radius 1 is 1.53 bits per heavy atom. The molecular formula is C15H26N4. The third kappa shape index (κ3) is 3.47. The molecule has 0 saturated heterocycles. The predicted octanol–water partition coefficient (Wildman–Crippen LogP) is 3.34. The molecule has 3 N–H and O–H groups in total. The van der Waals surface area contributed by atoms with Crippen LogP contribution in [0.4, 0.5) is 5.82 Å². The highest BCUT2D eigenvalue weighted by molar-refractivity contribution is 5.79. The van der Waals surface area contributed by atoms with Crippen molar-refractivity contribution in [2.45, 2.75) is 33.2 Å². The van der Waals surface area contributed by atoms with Gasteiger partial charge >= 0.3 is 0 Å². The Labute approximate surface area is 116 Å². The fraction of sp³-hybridized carbons (Fsp3) is 0.533. The summed E-state index contributed by atoms with van der Waals surface area (Å²) in [5, 5.41) is 6.33. The molecule has 0 bridgehead atoms. The molecule has 0 saturated carbocycles. The summed E-state index contributed by atoms with van der Waals surface area (Å²) in [5.41, 5.74) is 2.37. The molecule has 1 aliphatic heterocycles. The molecular weight excluding hydrogens is 236 g/mol. The number of nitrogens with zero attached hydrogens (tertiary/aromatic N) is 1. The van der Waals surface area contributed by atoms with E-state index < -0.39 is 0 Å². The van der Waals surface area contributed by atoms with Crippen LogP contribution in [0.5, 0.6) is 0 Å². The van der Waals surface area contributed by atoms with Crippen LogP contribution < -0.4 is 10.6 Å². The maximum absolute atomic E-state index is 4.51. The second kappa shape index (κ2) is 7.79. The molecule has 0 spiro atoms. The lowest BCUT2D eigenvalue weighted by Crippen LogP contribution is -2.23. The van der Waals surface area contributed by atoms with Crippen molar-refractivity contribution in [1.29, 1.82) is 0 Å². The second-order valence-corrected chi connectivity index (χ2v) is 4.37. The first kappa shape index (κ1) is 15.5. The van der Waals surface area contributed by atoms with E-state index in [0.717, 1.165) is 18.8 Å². The number of anilines is 1. The molecule has 0 amide bonds. The van der Waals surface area contributed by atoms with E-state index in [1.807, 2.05) is 27.1 Å². The smallest absolute Gasteiger partial charge is 0.114 e. The Balaban J connectivity index is 0.000000861. The Morgan fingerprint density at radius 3 is 2.89 bits per heavy atom. The Kier molecular flexibility index (Phi) is 6.36. The van der Waals surface area contributed by atoms with E-state index in [0.29, 0.717) is 5.92 Å². The summed E-state index contributed by atoms with van der Waals surface area (Å²) in [7, 11) is 1.98. The van der Waals surface area contributed by atoms with Gasteiger partial charge in [0.2, 0.25) is 0 Å². The van der Waals surface area contributed by atoms with Gasteiger partial charge in [-0.2, -0.15) is 0 Å². The SMILES string of the molecule is C=C(C(CC)CNC)C1N=CNc2[nH]ccc21.CC. The van der Waals surface area contributed by atoms with Gasteiger partial charge in [-0.25, -0.2) is 0 Å². The van der Waals surface area contributed by atoms with Gasteiger partial charge in [0.25, 0.3) is 0 Å². The van der Waals surface area contributed by atoms with E-state index in [2.05, 4.69) is 40.2 Å². The van der Waals surface area contributed by atoms with Crippen molar-refractivity contribution in [2.75, 3.05) is 18.9 Å². The van der Waals surface area contributed by atoms with Crippen molar-refractivity contribution in [3.8, 4) is 0 Å². The lowest BCUT2D eigenvalue weighted by Gasteiger charge is -2.25. The fourth-order valence-corrected chi connectivity index (χ4v) is 2.29. The fourth-order valence-electron chi connectivity index (χ4n) is 2.29. The van der Waals surface area contributed by atoms with Crippen molar-refractivity contribution < 1.29 is 0 Å². The number of aromatic nitrogens is 1. The number of aromatic amines is 1. The Bertz CT molecular complexity index is 420. The molecule has 4 nitrogen and oxygen atoms in total. The van der Waals surface area contributed by atoms with Crippen LogP contribution in [-0.4, -0.2) is 24.9 Å². The minimum Gasteiger partial charge on any atom is -0.348 e. The molecule has 0 aromatic carbocycles. The molecule has 1 aromatic heterocycles. The third-order valence-electron chi connectivity index (χ3n) is 3.33. The number of hydrogen-bond donors (Lipinski definition) is 3. The molecule has 106 valence electrons. The van der Waals surface area contributed by atoms with E-state index in [9.17, 15) is 0 Å². The molecule has 0 fully saturated rings. The second-order valence-electron chi connectivity index (χ2n) is 4.37. The van der Waals surface area contributed by atoms with E-state index in [1.54, 1.807) is 6.34 Å². The normalized spacial score (nSPS) is 17.8. The highest BCUT2D eigenvalue weighted by atomic mass is 15.1. The van der Waals surface area contributed by atoms with Crippen LogP contribution in [0.2, 0.25) is 0 Å². The van der Waals surface area contributed by atoms with Crippen LogP contribution in [0, 0.1) is 5.92 Å². The highest BCUT2D eigenvalue weighted by Gasteiger charge is 2.24. The number of H-pyrrole nitrogens is 1. The topological polar surface area (TPSA) is 52.2 Å². The summed E-state index contributed by atoms with van der Waals surface area (Å²) < 4.78 is 0. The number of rotatable bonds is 5. The first-order chi connectivity index (χ1) is 9.27. The van der Waals surface area contributed by atoms with Crippen molar-refractivity contribution in [3.63, 3.8) is 0 Å². The molecule has 2 heterocycles. The maximum Gasteiger partial charge on any atom is 0.114 e. The molecule has 0 radical (unpaired) electrons. The molecule has 1 aliphatic rings. The van der Waals surface area contributed by atoms with Crippen molar-refractivity contribution in [1.82, 2.24) is 10.3 Å². The van der Waals surface area contributed by atoms with Crippen LogP contribution in [0.3, 0.4) is 0 Å². The van der Waals surface area contributed by atoms with Gasteiger partial charge < -0.3 is 15.6 Å². The standard InChI is InChI=1S/C13H20N4.C2H6/c1-4-10(7-14-3)9(2)12-11-5-6-15-13(11)17-8-16-12;1-2/h5-6,8,10,12,14-15H,2,4,7H2,1,3H3,(H,16,17);1-2H3. The lowest BCUT2D eigenvalue weighted by molar-refractivity contribution is 0.521. The predicted molar refractivity (Wildman–Crippen MR) is 83.8 cm³/mol. The van der Waals surface area contributed by atoms with Gasteiger partial charge in [0, 0.05) is 18.3 Å².